The molecule has 0 saturated heterocycles. The molecule has 11 heteroatoms. The molecular weight excluding hydrogens is 485 g/mol. The fourth-order valence-corrected chi connectivity index (χ4v) is 4.76. The smallest absolute Gasteiger partial charge is 0.333 e. The van der Waals surface area contributed by atoms with Gasteiger partial charge in [0.05, 0.1) is 32.5 Å². The van der Waals surface area contributed by atoms with Gasteiger partial charge in [-0.3, -0.25) is 14.4 Å². The highest BCUT2D eigenvalue weighted by Gasteiger charge is 2.26. The van der Waals surface area contributed by atoms with Crippen molar-refractivity contribution in [1.29, 1.82) is 0 Å². The molecule has 4 aromatic rings. The minimum atomic E-state index is -1.17. The summed E-state index contributed by atoms with van der Waals surface area (Å²) in [6.45, 7) is 0. The van der Waals surface area contributed by atoms with E-state index in [1.807, 2.05) is 0 Å². The molecule has 2 aromatic carbocycles. The number of fused-ring (bicyclic) bond motifs is 1. The van der Waals surface area contributed by atoms with Crippen LogP contribution in [0.3, 0.4) is 0 Å². The zero-order valence-electron chi connectivity index (χ0n) is 17.6. The first kappa shape index (κ1) is 23.4. The van der Waals surface area contributed by atoms with E-state index in [1.54, 1.807) is 12.1 Å². The molecule has 0 bridgehead atoms. The highest BCUT2D eigenvalue weighted by Crippen LogP contribution is 2.31. The Balaban J connectivity index is 1.74. The SMILES string of the molecule is CNc1cc2[nH]c(=O)n(-c3cccc(C(=O)CC(C(=O)O)c4ccc(Cl)s4)c3)c(=O)c2cc1F. The van der Waals surface area contributed by atoms with Crippen molar-refractivity contribution < 1.29 is 19.1 Å². The van der Waals surface area contributed by atoms with Crippen molar-refractivity contribution in [2.75, 3.05) is 12.4 Å². The Morgan fingerprint density at radius 2 is 1.97 bits per heavy atom. The first-order valence-electron chi connectivity index (χ1n) is 9.97. The topological polar surface area (TPSA) is 121 Å². The summed E-state index contributed by atoms with van der Waals surface area (Å²) < 4.78 is 15.4. The summed E-state index contributed by atoms with van der Waals surface area (Å²) in [6.07, 6.45) is -0.337. The summed E-state index contributed by atoms with van der Waals surface area (Å²) in [5.41, 5.74) is -1.05. The molecule has 0 saturated carbocycles. The Kier molecular flexibility index (Phi) is 6.36. The van der Waals surface area contributed by atoms with Crippen molar-refractivity contribution in [3.8, 4) is 5.69 Å². The second-order valence-corrected chi connectivity index (χ2v) is 9.16. The number of Topliss-reactive ketones (excluding diaryl/α,β-unsaturated/α-hetero) is 1. The van der Waals surface area contributed by atoms with E-state index in [9.17, 15) is 28.7 Å². The molecule has 0 spiro atoms. The lowest BCUT2D eigenvalue weighted by Crippen LogP contribution is -2.33. The Morgan fingerprint density at radius 3 is 2.62 bits per heavy atom. The number of thiophene rings is 1. The van der Waals surface area contributed by atoms with Crippen molar-refractivity contribution >= 4 is 51.3 Å². The number of aliphatic carboxylic acids is 1. The lowest BCUT2D eigenvalue weighted by molar-refractivity contribution is -0.138. The van der Waals surface area contributed by atoms with Crippen LogP contribution in [0.1, 0.15) is 27.6 Å². The minimum absolute atomic E-state index is 0.0478. The quantitative estimate of drug-likeness (QED) is 0.329. The molecule has 1 atom stereocenters. The summed E-state index contributed by atoms with van der Waals surface area (Å²) >= 11 is 6.97. The van der Waals surface area contributed by atoms with Crippen molar-refractivity contribution in [3.05, 3.63) is 90.0 Å². The van der Waals surface area contributed by atoms with E-state index in [0.717, 1.165) is 22.0 Å². The first-order chi connectivity index (χ1) is 16.2. The first-order valence-corrected chi connectivity index (χ1v) is 11.2. The van der Waals surface area contributed by atoms with Gasteiger partial charge in [0.25, 0.3) is 5.56 Å². The standard InChI is InChI=1S/C23H17ClFN3O5S/c1-26-17-10-16-13(8-15(17)25)21(30)28(23(33)27-16)12-4-2-3-11(7-12)18(29)9-14(22(31)32)19-5-6-20(24)34-19/h2-8,10,14,26H,9H2,1H3,(H,27,33)(H,31,32). The Hall–Kier alpha value is -3.76. The number of benzene rings is 2. The summed E-state index contributed by atoms with van der Waals surface area (Å²) in [4.78, 5) is 53.3. The maximum Gasteiger partial charge on any atom is 0.333 e. The summed E-state index contributed by atoms with van der Waals surface area (Å²) in [7, 11) is 1.51. The van der Waals surface area contributed by atoms with Gasteiger partial charge < -0.3 is 15.4 Å². The second kappa shape index (κ2) is 9.24. The third-order valence-electron chi connectivity index (χ3n) is 5.31. The number of carbonyl (C=O) groups excluding carboxylic acids is 1. The maximum absolute atomic E-state index is 14.2. The molecule has 4 rings (SSSR count). The molecule has 0 fully saturated rings. The molecule has 2 heterocycles. The summed E-state index contributed by atoms with van der Waals surface area (Å²) in [6, 6.07) is 11.2. The van der Waals surface area contributed by atoms with Gasteiger partial charge in [-0.05, 0) is 36.4 Å². The van der Waals surface area contributed by atoms with Crippen LogP contribution in [0.2, 0.25) is 4.34 Å². The van der Waals surface area contributed by atoms with Gasteiger partial charge in [0, 0.05) is 23.9 Å². The number of H-pyrrole nitrogens is 1. The monoisotopic (exact) mass is 501 g/mol. The van der Waals surface area contributed by atoms with E-state index in [-0.39, 0.29) is 34.3 Å². The number of carboxylic acids is 1. The van der Waals surface area contributed by atoms with Gasteiger partial charge in [0.1, 0.15) is 5.82 Å². The molecule has 0 amide bonds. The van der Waals surface area contributed by atoms with E-state index in [1.165, 1.54) is 37.4 Å². The van der Waals surface area contributed by atoms with Crippen LogP contribution in [0.5, 0.6) is 0 Å². The molecule has 0 aliphatic heterocycles. The van der Waals surface area contributed by atoms with Gasteiger partial charge in [0.2, 0.25) is 0 Å². The molecule has 2 aromatic heterocycles. The van der Waals surface area contributed by atoms with Gasteiger partial charge in [-0.15, -0.1) is 11.3 Å². The van der Waals surface area contributed by atoms with Crippen molar-refractivity contribution in [2.45, 2.75) is 12.3 Å². The van der Waals surface area contributed by atoms with E-state index in [0.29, 0.717) is 9.21 Å². The molecule has 0 aliphatic carbocycles. The number of aromatic nitrogens is 2. The van der Waals surface area contributed by atoms with Crippen LogP contribution in [0, 0.1) is 5.82 Å². The number of nitrogens with one attached hydrogen (secondary N) is 2. The zero-order chi connectivity index (χ0) is 24.6. The number of anilines is 1. The van der Waals surface area contributed by atoms with Crippen LogP contribution in [0.25, 0.3) is 16.6 Å². The molecule has 34 heavy (non-hydrogen) atoms. The summed E-state index contributed by atoms with van der Waals surface area (Å²) in [5.74, 6) is -3.42. The van der Waals surface area contributed by atoms with Gasteiger partial charge >= 0.3 is 11.7 Å². The lowest BCUT2D eigenvalue weighted by atomic mass is 9.96. The van der Waals surface area contributed by atoms with Crippen LogP contribution >= 0.6 is 22.9 Å². The van der Waals surface area contributed by atoms with E-state index in [2.05, 4.69) is 10.3 Å². The Morgan fingerprint density at radius 1 is 1.21 bits per heavy atom. The van der Waals surface area contributed by atoms with E-state index in [4.69, 9.17) is 11.6 Å². The average Bonchev–Trinajstić information content (AvgIpc) is 3.23. The number of hydrogen-bond acceptors (Lipinski definition) is 6. The fraction of sp³-hybridized carbons (Fsp3) is 0.130. The molecular formula is C23H17ClFN3O5S. The molecule has 174 valence electrons. The Bertz CT molecular complexity index is 1560. The minimum Gasteiger partial charge on any atom is -0.481 e. The maximum atomic E-state index is 14.2. The lowest BCUT2D eigenvalue weighted by Gasteiger charge is -2.12. The predicted molar refractivity (Wildman–Crippen MR) is 128 cm³/mol. The average molecular weight is 502 g/mol. The van der Waals surface area contributed by atoms with Crippen molar-refractivity contribution in [2.24, 2.45) is 0 Å². The number of ketones is 1. The zero-order valence-corrected chi connectivity index (χ0v) is 19.2. The van der Waals surface area contributed by atoms with Gasteiger partial charge in [-0.2, -0.15) is 0 Å². The number of carbonyl (C=O) groups is 2. The van der Waals surface area contributed by atoms with Crippen molar-refractivity contribution in [1.82, 2.24) is 9.55 Å². The molecule has 3 N–H and O–H groups in total. The number of halogens is 2. The number of aromatic amines is 1. The number of hydrogen-bond donors (Lipinski definition) is 3. The largest absolute Gasteiger partial charge is 0.481 e. The van der Waals surface area contributed by atoms with Crippen LogP contribution in [-0.2, 0) is 4.79 Å². The number of carboxylic acid groups (broad SMARTS) is 1. The predicted octanol–water partition coefficient (Wildman–Crippen LogP) is 4.02. The van der Waals surface area contributed by atoms with Crippen LogP contribution < -0.4 is 16.6 Å². The van der Waals surface area contributed by atoms with E-state index >= 15 is 0 Å². The molecule has 0 radical (unpaired) electrons. The second-order valence-electron chi connectivity index (χ2n) is 7.41. The van der Waals surface area contributed by atoms with Gasteiger partial charge in [0.15, 0.2) is 5.78 Å². The van der Waals surface area contributed by atoms with Gasteiger partial charge in [-0.1, -0.05) is 23.7 Å². The highest BCUT2D eigenvalue weighted by atomic mass is 35.5. The fourth-order valence-electron chi connectivity index (χ4n) is 3.61. The summed E-state index contributed by atoms with van der Waals surface area (Å²) in [5, 5.41) is 12.2. The van der Waals surface area contributed by atoms with Crippen LogP contribution in [0.15, 0.2) is 58.1 Å². The number of rotatable bonds is 7. The third kappa shape index (κ3) is 4.37. The molecule has 1 unspecified atom stereocenters. The normalized spacial score (nSPS) is 12.0. The molecule has 8 nitrogen and oxygen atoms in total. The van der Waals surface area contributed by atoms with Crippen molar-refractivity contribution in [3.63, 3.8) is 0 Å². The third-order valence-corrected chi connectivity index (χ3v) is 6.65. The van der Waals surface area contributed by atoms with Crippen LogP contribution in [-0.4, -0.2) is 33.5 Å². The number of nitrogens with zero attached hydrogens (tertiary/aromatic N) is 1. The van der Waals surface area contributed by atoms with E-state index < -0.39 is 34.7 Å². The van der Waals surface area contributed by atoms with Crippen LogP contribution in [0.4, 0.5) is 10.1 Å². The Labute approximate surface area is 200 Å². The van der Waals surface area contributed by atoms with Gasteiger partial charge in [-0.25, -0.2) is 13.8 Å². The highest BCUT2D eigenvalue weighted by molar-refractivity contribution is 7.16. The molecule has 0 aliphatic rings.